The van der Waals surface area contributed by atoms with Gasteiger partial charge in [0.15, 0.2) is 0 Å². The van der Waals surface area contributed by atoms with Gasteiger partial charge < -0.3 is 10.1 Å². The summed E-state index contributed by atoms with van der Waals surface area (Å²) in [5.74, 6) is 0.297. The first-order chi connectivity index (χ1) is 13.0. The normalized spacial score (nSPS) is 16.1. The third kappa shape index (κ3) is 3.25. The van der Waals surface area contributed by atoms with E-state index in [2.05, 4.69) is 20.1 Å². The molecule has 3 heterocycles. The van der Waals surface area contributed by atoms with Gasteiger partial charge in [-0.3, -0.25) is 14.5 Å². The first-order valence-electron chi connectivity index (χ1n) is 8.36. The van der Waals surface area contributed by atoms with Gasteiger partial charge in [-0.1, -0.05) is 18.2 Å². The fourth-order valence-electron chi connectivity index (χ4n) is 3.35. The van der Waals surface area contributed by atoms with E-state index in [-0.39, 0.29) is 24.0 Å². The molecule has 0 saturated carbocycles. The van der Waals surface area contributed by atoms with E-state index in [4.69, 9.17) is 0 Å². The average Bonchev–Trinajstić information content (AvgIpc) is 2.99. The number of carbonyl (C=O) groups is 1. The third-order valence-corrected chi connectivity index (χ3v) is 4.49. The van der Waals surface area contributed by atoms with E-state index in [9.17, 15) is 13.6 Å². The molecule has 3 aromatic rings. The zero-order valence-electron chi connectivity index (χ0n) is 14.4. The quantitative estimate of drug-likeness (QED) is 0.763. The number of ether oxygens (including phenoxy) is 1. The number of hydrogen-bond acceptors (Lipinski definition) is 4. The highest BCUT2D eigenvalue weighted by molar-refractivity contribution is 5.96. The Morgan fingerprint density at radius 2 is 2.00 bits per heavy atom. The molecule has 1 aliphatic rings. The number of aryl methyl sites for hydroxylation is 1. The molecule has 27 heavy (non-hydrogen) atoms. The Balaban J connectivity index is 1.79. The molecule has 1 aliphatic heterocycles. The zero-order valence-corrected chi connectivity index (χ0v) is 14.4. The summed E-state index contributed by atoms with van der Waals surface area (Å²) in [6, 6.07) is 11.9. The van der Waals surface area contributed by atoms with Crippen molar-refractivity contribution in [1.82, 2.24) is 14.8 Å². The predicted molar refractivity (Wildman–Crippen MR) is 94.6 cm³/mol. The molecule has 6 nitrogen and oxygen atoms in total. The predicted octanol–water partition coefficient (Wildman–Crippen LogP) is 3.56. The number of nitrogens with zero attached hydrogens (tertiary/aromatic N) is 3. The van der Waals surface area contributed by atoms with E-state index in [1.807, 2.05) is 18.2 Å². The number of amides is 1. The topological polar surface area (TPSA) is 69.0 Å². The van der Waals surface area contributed by atoms with Crippen LogP contribution in [-0.2, 0) is 11.8 Å². The Kier molecular flexibility index (Phi) is 4.31. The van der Waals surface area contributed by atoms with E-state index in [0.29, 0.717) is 17.2 Å². The number of alkyl halides is 2. The summed E-state index contributed by atoms with van der Waals surface area (Å²) in [6.07, 6.45) is 1.91. The Morgan fingerprint density at radius 3 is 2.67 bits per heavy atom. The van der Waals surface area contributed by atoms with E-state index >= 15 is 0 Å². The Morgan fingerprint density at radius 1 is 1.22 bits per heavy atom. The number of nitrogens with one attached hydrogen (secondary N) is 1. The van der Waals surface area contributed by atoms with Gasteiger partial charge in [0, 0.05) is 31.1 Å². The molecule has 0 fully saturated rings. The van der Waals surface area contributed by atoms with Crippen molar-refractivity contribution >= 4 is 11.7 Å². The van der Waals surface area contributed by atoms with Gasteiger partial charge in [0.05, 0.1) is 5.69 Å². The lowest BCUT2D eigenvalue weighted by molar-refractivity contribution is -0.116. The second kappa shape index (κ2) is 6.79. The van der Waals surface area contributed by atoms with Crippen LogP contribution in [0.4, 0.5) is 14.6 Å². The number of rotatable bonds is 4. The first kappa shape index (κ1) is 17.1. The second-order valence-electron chi connectivity index (χ2n) is 6.20. The second-order valence-corrected chi connectivity index (χ2v) is 6.20. The summed E-state index contributed by atoms with van der Waals surface area (Å²) >= 11 is 0. The highest BCUT2D eigenvalue weighted by atomic mass is 19.3. The van der Waals surface area contributed by atoms with Crippen LogP contribution in [0.15, 0.2) is 48.7 Å². The minimum atomic E-state index is -2.88. The van der Waals surface area contributed by atoms with Crippen LogP contribution in [0, 0.1) is 0 Å². The number of halogens is 2. The Hall–Kier alpha value is -3.29. The molecule has 0 radical (unpaired) electrons. The Bertz CT molecular complexity index is 971. The maximum atomic E-state index is 12.4. The average molecular weight is 370 g/mol. The van der Waals surface area contributed by atoms with Crippen molar-refractivity contribution < 1.29 is 18.3 Å². The molecule has 1 aromatic carbocycles. The SMILES string of the molecule is Cn1nc(-c2ccccn2)c2c1NC(=O)CC2c1ccc(OC(F)F)cc1. The molecule has 1 N–H and O–H groups in total. The van der Waals surface area contributed by atoms with Gasteiger partial charge in [-0.15, -0.1) is 0 Å². The van der Waals surface area contributed by atoms with E-state index in [1.54, 1.807) is 30.1 Å². The van der Waals surface area contributed by atoms with Crippen LogP contribution in [-0.4, -0.2) is 27.3 Å². The summed E-state index contributed by atoms with van der Waals surface area (Å²) in [6.45, 7) is -2.88. The molecular weight excluding hydrogens is 354 g/mol. The summed E-state index contributed by atoms with van der Waals surface area (Å²) in [4.78, 5) is 16.6. The first-order valence-corrected chi connectivity index (χ1v) is 8.36. The number of benzene rings is 1. The summed E-state index contributed by atoms with van der Waals surface area (Å²) < 4.78 is 30.8. The molecule has 4 rings (SSSR count). The maximum Gasteiger partial charge on any atom is 0.387 e. The van der Waals surface area contributed by atoms with Gasteiger partial charge in [-0.2, -0.15) is 13.9 Å². The number of hydrogen-bond donors (Lipinski definition) is 1. The van der Waals surface area contributed by atoms with Crippen LogP contribution in [0.3, 0.4) is 0 Å². The minimum absolute atomic E-state index is 0.0744. The van der Waals surface area contributed by atoms with Gasteiger partial charge in [-0.05, 0) is 29.8 Å². The van der Waals surface area contributed by atoms with Crippen LogP contribution in [0.2, 0.25) is 0 Å². The van der Waals surface area contributed by atoms with Gasteiger partial charge in [0.2, 0.25) is 5.91 Å². The van der Waals surface area contributed by atoms with Crippen LogP contribution in [0.25, 0.3) is 11.4 Å². The van der Waals surface area contributed by atoms with Crippen molar-refractivity contribution in [3.05, 3.63) is 59.8 Å². The number of fused-ring (bicyclic) bond motifs is 1. The largest absolute Gasteiger partial charge is 0.435 e. The molecule has 138 valence electrons. The summed E-state index contributed by atoms with van der Waals surface area (Å²) in [7, 11) is 1.76. The van der Waals surface area contributed by atoms with Gasteiger partial charge in [0.25, 0.3) is 0 Å². The number of anilines is 1. The van der Waals surface area contributed by atoms with Crippen LogP contribution in [0.1, 0.15) is 23.5 Å². The fraction of sp³-hybridized carbons (Fsp3) is 0.211. The zero-order chi connectivity index (χ0) is 19.0. The Labute approximate surface area is 153 Å². The van der Waals surface area contributed by atoms with Crippen LogP contribution < -0.4 is 10.1 Å². The van der Waals surface area contributed by atoms with Gasteiger partial charge in [-0.25, -0.2) is 0 Å². The number of pyridine rings is 1. The van der Waals surface area contributed by atoms with E-state index < -0.39 is 6.61 Å². The highest BCUT2D eigenvalue weighted by Crippen LogP contribution is 2.42. The van der Waals surface area contributed by atoms with Crippen molar-refractivity contribution in [2.24, 2.45) is 7.05 Å². The van der Waals surface area contributed by atoms with Gasteiger partial charge in [0.1, 0.15) is 17.3 Å². The van der Waals surface area contributed by atoms with Crippen LogP contribution in [0.5, 0.6) is 5.75 Å². The molecule has 0 saturated heterocycles. The molecule has 8 heteroatoms. The molecule has 0 bridgehead atoms. The minimum Gasteiger partial charge on any atom is -0.435 e. The fourth-order valence-corrected chi connectivity index (χ4v) is 3.35. The molecule has 1 atom stereocenters. The van der Waals surface area contributed by atoms with Crippen molar-refractivity contribution in [2.75, 3.05) is 5.32 Å². The summed E-state index contributed by atoms with van der Waals surface area (Å²) in [5, 5.41) is 7.41. The highest BCUT2D eigenvalue weighted by Gasteiger charge is 2.33. The van der Waals surface area contributed by atoms with E-state index in [0.717, 1.165) is 11.1 Å². The van der Waals surface area contributed by atoms with Gasteiger partial charge >= 0.3 is 6.61 Å². The standard InChI is InChI=1S/C19H16F2N4O2/c1-25-18-16(17(24-25)14-4-2-3-9-22-14)13(10-15(26)23-18)11-5-7-12(8-6-11)27-19(20)21/h2-9,13,19H,10H2,1H3,(H,23,26). The lowest BCUT2D eigenvalue weighted by Crippen LogP contribution is -2.24. The molecule has 2 aromatic heterocycles. The van der Waals surface area contributed by atoms with Crippen molar-refractivity contribution in [3.63, 3.8) is 0 Å². The molecule has 0 aliphatic carbocycles. The molecule has 1 unspecified atom stereocenters. The van der Waals surface area contributed by atoms with Crippen molar-refractivity contribution in [3.8, 4) is 17.1 Å². The molecule has 0 spiro atoms. The van der Waals surface area contributed by atoms with Crippen molar-refractivity contribution in [1.29, 1.82) is 0 Å². The maximum absolute atomic E-state index is 12.4. The lowest BCUT2D eigenvalue weighted by Gasteiger charge is -2.24. The molecular formula is C19H16F2N4O2. The lowest BCUT2D eigenvalue weighted by atomic mass is 9.85. The molecule has 1 amide bonds. The van der Waals surface area contributed by atoms with Crippen molar-refractivity contribution in [2.45, 2.75) is 19.0 Å². The monoisotopic (exact) mass is 370 g/mol. The van der Waals surface area contributed by atoms with E-state index in [1.165, 1.54) is 12.1 Å². The third-order valence-electron chi connectivity index (χ3n) is 4.49. The number of aromatic nitrogens is 3. The van der Waals surface area contributed by atoms with Crippen LogP contribution >= 0.6 is 0 Å². The summed E-state index contributed by atoms with van der Waals surface area (Å²) in [5.41, 5.74) is 3.07. The smallest absolute Gasteiger partial charge is 0.387 e. The number of carbonyl (C=O) groups excluding carboxylic acids is 1.